The smallest absolute Gasteiger partial charge is 0.143 e. The molecule has 1 aromatic heterocycles. The van der Waals surface area contributed by atoms with Crippen LogP contribution in [-0.4, -0.2) is 0 Å². The maximum atomic E-state index is 6.91. The summed E-state index contributed by atoms with van der Waals surface area (Å²) < 4.78 is 6.91. The van der Waals surface area contributed by atoms with Gasteiger partial charge in [-0.15, -0.1) is 0 Å². The van der Waals surface area contributed by atoms with Gasteiger partial charge in [-0.25, -0.2) is 0 Å². The lowest BCUT2D eigenvalue weighted by Crippen LogP contribution is -2.11. The number of benzene rings is 10. The highest BCUT2D eigenvalue weighted by Gasteiger charge is 2.23. The van der Waals surface area contributed by atoms with Crippen LogP contribution in [-0.2, 0) is 0 Å². The van der Waals surface area contributed by atoms with Gasteiger partial charge < -0.3 is 9.32 Å². The Morgan fingerprint density at radius 3 is 1.60 bits per heavy atom. The molecule has 2 nitrogen and oxygen atoms in total. The maximum absolute atomic E-state index is 6.91. The summed E-state index contributed by atoms with van der Waals surface area (Å²) in [6.07, 6.45) is 0. The monoisotopic (exact) mass is 739 g/mol. The Bertz CT molecular complexity index is 3270. The van der Waals surface area contributed by atoms with Gasteiger partial charge in [0.15, 0.2) is 0 Å². The fraction of sp³-hybridized carbons (Fsp3) is 0. The quantitative estimate of drug-likeness (QED) is 0.162. The van der Waals surface area contributed by atoms with Gasteiger partial charge in [0.25, 0.3) is 0 Å². The molecular weight excluding hydrogens is 703 g/mol. The molecule has 0 aliphatic carbocycles. The van der Waals surface area contributed by atoms with Gasteiger partial charge in [0.2, 0.25) is 0 Å². The van der Waals surface area contributed by atoms with Crippen LogP contribution in [0.4, 0.5) is 17.1 Å². The van der Waals surface area contributed by atoms with Crippen molar-refractivity contribution in [1.29, 1.82) is 0 Å². The summed E-state index contributed by atoms with van der Waals surface area (Å²) in [5, 5.41) is 6.79. The molecule has 1 heterocycles. The van der Waals surface area contributed by atoms with Gasteiger partial charge in [0, 0.05) is 21.8 Å². The Balaban J connectivity index is 1.14. The third-order valence-electron chi connectivity index (χ3n) is 11.4. The van der Waals surface area contributed by atoms with Gasteiger partial charge in [0.1, 0.15) is 11.2 Å². The molecule has 11 rings (SSSR count). The maximum Gasteiger partial charge on any atom is 0.143 e. The van der Waals surface area contributed by atoms with Crippen LogP contribution in [0.2, 0.25) is 0 Å². The van der Waals surface area contributed by atoms with E-state index < -0.39 is 0 Å². The molecule has 0 fully saturated rings. The van der Waals surface area contributed by atoms with E-state index in [9.17, 15) is 0 Å². The Hall–Kier alpha value is -7.68. The third-order valence-corrected chi connectivity index (χ3v) is 11.4. The first-order valence-electron chi connectivity index (χ1n) is 19.8. The van der Waals surface area contributed by atoms with E-state index in [1.54, 1.807) is 0 Å². The van der Waals surface area contributed by atoms with Gasteiger partial charge in [-0.3, -0.25) is 0 Å². The molecule has 0 atom stereocenters. The van der Waals surface area contributed by atoms with Crippen LogP contribution in [0.1, 0.15) is 0 Å². The minimum absolute atomic E-state index is 0.853. The van der Waals surface area contributed by atoms with Crippen molar-refractivity contribution >= 4 is 60.5 Å². The topological polar surface area (TPSA) is 16.4 Å². The van der Waals surface area contributed by atoms with E-state index in [1.807, 2.05) is 0 Å². The Morgan fingerprint density at radius 2 is 0.828 bits per heavy atom. The Morgan fingerprint density at radius 1 is 0.310 bits per heavy atom. The van der Waals surface area contributed by atoms with Crippen LogP contribution >= 0.6 is 0 Å². The van der Waals surface area contributed by atoms with Gasteiger partial charge in [-0.1, -0.05) is 182 Å². The average molecular weight is 740 g/mol. The average Bonchev–Trinajstić information content (AvgIpc) is 3.69. The first-order chi connectivity index (χ1) is 28.8. The van der Waals surface area contributed by atoms with E-state index in [2.05, 4.69) is 229 Å². The molecule has 0 radical (unpaired) electrons. The first kappa shape index (κ1) is 33.6. The Kier molecular flexibility index (Phi) is 8.19. The van der Waals surface area contributed by atoms with E-state index in [0.717, 1.165) is 55.3 Å². The number of furan rings is 1. The number of nitrogens with zero attached hydrogens (tertiary/aromatic N) is 1. The van der Waals surface area contributed by atoms with Crippen molar-refractivity contribution in [2.24, 2.45) is 0 Å². The lowest BCUT2D eigenvalue weighted by molar-refractivity contribution is 0.672. The largest absolute Gasteiger partial charge is 0.455 e. The summed E-state index contributed by atoms with van der Waals surface area (Å²) in [6, 6.07) is 80.6. The zero-order valence-electron chi connectivity index (χ0n) is 31.7. The van der Waals surface area contributed by atoms with E-state index in [-0.39, 0.29) is 0 Å². The van der Waals surface area contributed by atoms with Crippen LogP contribution in [0.5, 0.6) is 0 Å². The molecule has 58 heavy (non-hydrogen) atoms. The molecule has 0 N–H and O–H groups in total. The van der Waals surface area contributed by atoms with Crippen molar-refractivity contribution in [3.8, 4) is 44.5 Å². The van der Waals surface area contributed by atoms with Crippen LogP contribution in [0.25, 0.3) is 88.0 Å². The van der Waals surface area contributed by atoms with E-state index >= 15 is 0 Å². The molecule has 272 valence electrons. The highest BCUT2D eigenvalue weighted by Crippen LogP contribution is 2.48. The second kappa shape index (κ2) is 14.1. The number of rotatable bonds is 7. The SMILES string of the molecule is c1ccc(-c2ccc(-c3cccc(N(c4cccc5ccccc45)c4cccc5oc6c7ccccc7c(-c7cccc(-c8ccccc8)c7)cc6c45)c3)cc2)cc1. The van der Waals surface area contributed by atoms with Crippen molar-refractivity contribution < 1.29 is 4.42 Å². The summed E-state index contributed by atoms with van der Waals surface area (Å²) in [7, 11) is 0. The highest BCUT2D eigenvalue weighted by atomic mass is 16.3. The molecule has 0 amide bonds. The minimum atomic E-state index is 0.853. The van der Waals surface area contributed by atoms with Crippen molar-refractivity contribution in [2.45, 2.75) is 0 Å². The Labute approximate surface area is 337 Å². The van der Waals surface area contributed by atoms with Gasteiger partial charge in [-0.2, -0.15) is 0 Å². The molecule has 11 aromatic rings. The summed E-state index contributed by atoms with van der Waals surface area (Å²) in [5.41, 5.74) is 14.5. The fourth-order valence-electron chi connectivity index (χ4n) is 8.67. The standard InChI is InChI=1S/C56H37NO/c1-3-15-38(16-4-1)40-31-33-41(34-32-40)44-22-12-24-46(36-44)57(52-28-13-20-42-19-7-8-25-47(42)52)53-29-14-30-54-55(53)51-37-50(48-26-9-10-27-49(48)56(51)58-54)45-23-11-21-43(35-45)39-17-5-2-6-18-39/h1-37H. The zero-order valence-corrected chi connectivity index (χ0v) is 31.7. The van der Waals surface area contributed by atoms with Crippen LogP contribution in [0.3, 0.4) is 0 Å². The first-order valence-corrected chi connectivity index (χ1v) is 19.8. The van der Waals surface area contributed by atoms with Crippen molar-refractivity contribution in [3.05, 3.63) is 224 Å². The molecule has 0 unspecified atom stereocenters. The predicted octanol–water partition coefficient (Wildman–Crippen LogP) is 16.0. The normalized spacial score (nSPS) is 11.4. The predicted molar refractivity (Wildman–Crippen MR) is 245 cm³/mol. The van der Waals surface area contributed by atoms with Crippen molar-refractivity contribution in [3.63, 3.8) is 0 Å². The molecule has 0 bridgehead atoms. The molecule has 2 heteroatoms. The third kappa shape index (κ3) is 5.82. The lowest BCUT2D eigenvalue weighted by atomic mass is 9.93. The number of hydrogen-bond acceptors (Lipinski definition) is 2. The second-order valence-corrected chi connectivity index (χ2v) is 14.9. The minimum Gasteiger partial charge on any atom is -0.455 e. The molecular formula is C56H37NO. The van der Waals surface area contributed by atoms with Crippen molar-refractivity contribution in [2.75, 3.05) is 4.90 Å². The molecule has 10 aromatic carbocycles. The molecule has 0 saturated carbocycles. The van der Waals surface area contributed by atoms with Gasteiger partial charge in [0.05, 0.1) is 16.8 Å². The van der Waals surface area contributed by atoms with Crippen LogP contribution in [0.15, 0.2) is 229 Å². The molecule has 0 aliphatic rings. The van der Waals surface area contributed by atoms with Crippen molar-refractivity contribution in [1.82, 2.24) is 0 Å². The molecule has 0 spiro atoms. The molecule has 0 aliphatic heterocycles. The highest BCUT2D eigenvalue weighted by molar-refractivity contribution is 6.23. The second-order valence-electron chi connectivity index (χ2n) is 14.9. The zero-order chi connectivity index (χ0) is 38.4. The lowest BCUT2D eigenvalue weighted by Gasteiger charge is -2.28. The van der Waals surface area contributed by atoms with E-state index in [4.69, 9.17) is 4.42 Å². The number of hydrogen-bond donors (Lipinski definition) is 0. The fourth-order valence-corrected chi connectivity index (χ4v) is 8.67. The van der Waals surface area contributed by atoms with Gasteiger partial charge in [-0.05, 0) is 97.7 Å². The van der Waals surface area contributed by atoms with Crippen LogP contribution in [0, 0.1) is 0 Å². The van der Waals surface area contributed by atoms with E-state index in [0.29, 0.717) is 0 Å². The van der Waals surface area contributed by atoms with Crippen LogP contribution < -0.4 is 4.90 Å². The summed E-state index contributed by atoms with van der Waals surface area (Å²) in [6.45, 7) is 0. The summed E-state index contributed by atoms with van der Waals surface area (Å²) in [4.78, 5) is 2.42. The van der Waals surface area contributed by atoms with E-state index in [1.165, 1.54) is 49.7 Å². The number of fused-ring (bicyclic) bond motifs is 6. The molecule has 0 saturated heterocycles. The summed E-state index contributed by atoms with van der Waals surface area (Å²) in [5.74, 6) is 0. The number of anilines is 3. The summed E-state index contributed by atoms with van der Waals surface area (Å²) >= 11 is 0. The van der Waals surface area contributed by atoms with Gasteiger partial charge >= 0.3 is 0 Å².